The van der Waals surface area contributed by atoms with Crippen molar-refractivity contribution in [2.45, 2.75) is 0 Å². The van der Waals surface area contributed by atoms with Crippen molar-refractivity contribution in [1.29, 1.82) is 0 Å². The molecule has 1 aromatic heterocycles. The fourth-order valence-electron chi connectivity index (χ4n) is 7.51. The SMILES string of the molecule is c1ccc(-c2ccc3c(c2)-c2cccc4cccc(c24)O3)c(-c2ccc(-n3c4ccccc4c4ccc5ccccc5c43)cc2)c1. The third-order valence-corrected chi connectivity index (χ3v) is 9.59. The molecule has 8 aromatic carbocycles. The number of para-hydroxylation sites is 1. The van der Waals surface area contributed by atoms with Gasteiger partial charge in [-0.2, -0.15) is 0 Å². The monoisotopic (exact) mass is 585 g/mol. The summed E-state index contributed by atoms with van der Waals surface area (Å²) in [5.41, 5.74) is 10.7. The van der Waals surface area contributed by atoms with Gasteiger partial charge in [0.15, 0.2) is 0 Å². The Labute approximate surface area is 266 Å². The Morgan fingerprint density at radius 3 is 1.93 bits per heavy atom. The van der Waals surface area contributed by atoms with E-state index in [9.17, 15) is 0 Å². The average Bonchev–Trinajstić information content (AvgIpc) is 3.47. The van der Waals surface area contributed by atoms with Crippen LogP contribution in [0.5, 0.6) is 11.5 Å². The van der Waals surface area contributed by atoms with E-state index in [0.717, 1.165) is 22.7 Å². The first-order valence-electron chi connectivity index (χ1n) is 15.8. The lowest BCUT2D eigenvalue weighted by Gasteiger charge is -2.22. The highest BCUT2D eigenvalue weighted by molar-refractivity contribution is 6.18. The van der Waals surface area contributed by atoms with Crippen molar-refractivity contribution >= 4 is 43.4 Å². The molecule has 9 aromatic rings. The topological polar surface area (TPSA) is 14.2 Å². The fourth-order valence-corrected chi connectivity index (χ4v) is 7.51. The van der Waals surface area contributed by atoms with Crippen LogP contribution in [0, 0.1) is 0 Å². The van der Waals surface area contributed by atoms with Crippen molar-refractivity contribution in [1.82, 2.24) is 4.57 Å². The zero-order valence-corrected chi connectivity index (χ0v) is 24.9. The van der Waals surface area contributed by atoms with E-state index in [4.69, 9.17) is 4.74 Å². The van der Waals surface area contributed by atoms with Crippen LogP contribution < -0.4 is 4.74 Å². The summed E-state index contributed by atoms with van der Waals surface area (Å²) in [5, 5.41) is 7.44. The summed E-state index contributed by atoms with van der Waals surface area (Å²) < 4.78 is 8.81. The number of hydrogen-bond donors (Lipinski definition) is 0. The number of hydrogen-bond acceptors (Lipinski definition) is 1. The second-order valence-corrected chi connectivity index (χ2v) is 12.1. The number of fused-ring (bicyclic) bond motifs is 7. The van der Waals surface area contributed by atoms with Crippen molar-refractivity contribution in [2.75, 3.05) is 0 Å². The number of nitrogens with zero attached hydrogens (tertiary/aromatic N) is 1. The average molecular weight is 586 g/mol. The van der Waals surface area contributed by atoms with Crippen LogP contribution in [0.1, 0.15) is 0 Å². The van der Waals surface area contributed by atoms with Gasteiger partial charge in [-0.1, -0.05) is 127 Å². The van der Waals surface area contributed by atoms with E-state index < -0.39 is 0 Å². The van der Waals surface area contributed by atoms with Crippen LogP contribution in [0.25, 0.3) is 82.4 Å². The summed E-state index contributed by atoms with van der Waals surface area (Å²) in [6.07, 6.45) is 0. The molecular weight excluding hydrogens is 558 g/mol. The Bertz CT molecular complexity index is 2660. The fraction of sp³-hybridized carbons (Fsp3) is 0. The predicted octanol–water partition coefficient (Wildman–Crippen LogP) is 12.2. The minimum atomic E-state index is 0.899. The highest BCUT2D eigenvalue weighted by Crippen LogP contribution is 2.48. The maximum Gasteiger partial charge on any atom is 0.135 e. The zero-order valence-electron chi connectivity index (χ0n) is 24.9. The third kappa shape index (κ3) is 3.65. The standard InChI is InChI=1S/C44H27NO/c1-2-14-35-28(9-1)21-25-38-36-15-5-6-17-40(36)45(44(35)38)32-23-19-29(20-24-32)33-12-3-4-13-34(33)31-22-26-41-39(27-31)37-16-7-10-30-11-8-18-42(46-41)43(30)37/h1-27H. The Kier molecular flexibility index (Phi) is 5.31. The lowest BCUT2D eigenvalue weighted by atomic mass is 9.90. The summed E-state index contributed by atoms with van der Waals surface area (Å²) in [7, 11) is 0. The molecule has 0 amide bonds. The minimum Gasteiger partial charge on any atom is -0.456 e. The molecule has 0 fully saturated rings. The van der Waals surface area contributed by atoms with E-state index in [-0.39, 0.29) is 0 Å². The molecule has 0 saturated heterocycles. The highest BCUT2D eigenvalue weighted by Gasteiger charge is 2.21. The largest absolute Gasteiger partial charge is 0.456 e. The van der Waals surface area contributed by atoms with Crippen LogP contribution in [0.15, 0.2) is 164 Å². The van der Waals surface area contributed by atoms with Gasteiger partial charge < -0.3 is 9.30 Å². The van der Waals surface area contributed by atoms with Crippen molar-refractivity contribution in [3.8, 4) is 50.6 Å². The van der Waals surface area contributed by atoms with E-state index >= 15 is 0 Å². The summed E-state index contributed by atoms with van der Waals surface area (Å²) in [5.74, 6) is 1.82. The molecule has 1 aliphatic heterocycles. The molecule has 0 aliphatic carbocycles. The molecule has 0 unspecified atom stereocenters. The molecule has 0 saturated carbocycles. The first kappa shape index (κ1) is 25.2. The van der Waals surface area contributed by atoms with Crippen molar-refractivity contribution in [2.24, 2.45) is 0 Å². The quantitative estimate of drug-likeness (QED) is 0.201. The van der Waals surface area contributed by atoms with Gasteiger partial charge in [0.25, 0.3) is 0 Å². The molecular formula is C44H27NO. The maximum atomic E-state index is 6.39. The van der Waals surface area contributed by atoms with Crippen molar-refractivity contribution in [3.05, 3.63) is 164 Å². The third-order valence-electron chi connectivity index (χ3n) is 9.59. The number of benzene rings is 8. The lowest BCUT2D eigenvalue weighted by Crippen LogP contribution is -1.97. The normalized spacial score (nSPS) is 12.1. The minimum absolute atomic E-state index is 0.899. The Morgan fingerprint density at radius 1 is 0.391 bits per heavy atom. The van der Waals surface area contributed by atoms with Gasteiger partial charge in [-0.05, 0) is 75.0 Å². The van der Waals surface area contributed by atoms with Crippen LogP contribution in [0.4, 0.5) is 0 Å². The molecule has 2 nitrogen and oxygen atoms in total. The maximum absolute atomic E-state index is 6.39. The molecule has 0 bridgehead atoms. The Hall–Kier alpha value is -6.12. The van der Waals surface area contributed by atoms with Crippen LogP contribution in [0.3, 0.4) is 0 Å². The van der Waals surface area contributed by atoms with Crippen molar-refractivity contribution in [3.63, 3.8) is 0 Å². The number of ether oxygens (including phenoxy) is 1. The van der Waals surface area contributed by atoms with E-state index in [1.807, 2.05) is 0 Å². The van der Waals surface area contributed by atoms with Gasteiger partial charge in [0.2, 0.25) is 0 Å². The molecule has 2 heteroatoms. The molecule has 0 radical (unpaired) electrons. The van der Waals surface area contributed by atoms with Crippen LogP contribution >= 0.6 is 0 Å². The number of aromatic nitrogens is 1. The molecule has 10 rings (SSSR count). The first-order chi connectivity index (χ1) is 22.8. The molecule has 46 heavy (non-hydrogen) atoms. The second kappa shape index (κ2) is 9.69. The smallest absolute Gasteiger partial charge is 0.135 e. The molecule has 0 N–H and O–H groups in total. The number of rotatable bonds is 3. The van der Waals surface area contributed by atoms with E-state index in [0.29, 0.717) is 0 Å². The first-order valence-corrected chi connectivity index (χ1v) is 15.8. The van der Waals surface area contributed by atoms with Gasteiger partial charge in [-0.15, -0.1) is 0 Å². The van der Waals surface area contributed by atoms with E-state index in [2.05, 4.69) is 168 Å². The van der Waals surface area contributed by atoms with Gasteiger partial charge in [-0.25, -0.2) is 0 Å². The van der Waals surface area contributed by atoms with Crippen molar-refractivity contribution < 1.29 is 4.74 Å². The Morgan fingerprint density at radius 2 is 1.07 bits per heavy atom. The zero-order chi connectivity index (χ0) is 30.2. The summed E-state index contributed by atoms with van der Waals surface area (Å²) in [6, 6.07) is 59.0. The van der Waals surface area contributed by atoms with Gasteiger partial charge >= 0.3 is 0 Å². The van der Waals surface area contributed by atoms with E-state index in [1.54, 1.807) is 0 Å². The molecule has 1 aliphatic rings. The Balaban J connectivity index is 1.11. The van der Waals surface area contributed by atoms with Crippen LogP contribution in [0.2, 0.25) is 0 Å². The van der Waals surface area contributed by atoms with Gasteiger partial charge in [0, 0.05) is 32.8 Å². The predicted molar refractivity (Wildman–Crippen MR) is 192 cm³/mol. The second-order valence-electron chi connectivity index (χ2n) is 12.1. The lowest BCUT2D eigenvalue weighted by molar-refractivity contribution is 0.487. The van der Waals surface area contributed by atoms with Gasteiger partial charge in [0.1, 0.15) is 11.5 Å². The van der Waals surface area contributed by atoms with Gasteiger partial charge in [-0.3, -0.25) is 0 Å². The molecule has 0 atom stereocenters. The summed E-state index contributed by atoms with van der Waals surface area (Å²) in [4.78, 5) is 0. The van der Waals surface area contributed by atoms with E-state index in [1.165, 1.54) is 71.2 Å². The molecule has 214 valence electrons. The highest BCUT2D eigenvalue weighted by atomic mass is 16.5. The van der Waals surface area contributed by atoms with Gasteiger partial charge in [0.05, 0.1) is 11.0 Å². The summed E-state index contributed by atoms with van der Waals surface area (Å²) in [6.45, 7) is 0. The summed E-state index contributed by atoms with van der Waals surface area (Å²) >= 11 is 0. The van der Waals surface area contributed by atoms with Crippen LogP contribution in [-0.4, -0.2) is 4.57 Å². The molecule has 0 spiro atoms. The van der Waals surface area contributed by atoms with Crippen LogP contribution in [-0.2, 0) is 0 Å². The molecule has 2 heterocycles.